The number of hydrogen-bond acceptors (Lipinski definition) is 4. The summed E-state index contributed by atoms with van der Waals surface area (Å²) in [5.74, 6) is 2.56. The van der Waals surface area contributed by atoms with Crippen molar-refractivity contribution >= 4 is 46.5 Å². The molecule has 126 valence electrons. The van der Waals surface area contributed by atoms with Crippen LogP contribution in [0.5, 0.6) is 0 Å². The monoisotopic (exact) mass is 376 g/mol. The molecule has 5 heteroatoms. The van der Waals surface area contributed by atoms with Gasteiger partial charge in [-0.2, -0.15) is 11.8 Å². The van der Waals surface area contributed by atoms with Gasteiger partial charge in [-0.1, -0.05) is 35.5 Å². The van der Waals surface area contributed by atoms with Gasteiger partial charge in [-0.3, -0.25) is 0 Å². The van der Waals surface area contributed by atoms with Crippen molar-refractivity contribution in [3.8, 4) is 0 Å². The van der Waals surface area contributed by atoms with E-state index in [0.29, 0.717) is 0 Å². The van der Waals surface area contributed by atoms with Crippen molar-refractivity contribution in [2.45, 2.75) is 16.2 Å². The van der Waals surface area contributed by atoms with E-state index in [2.05, 4.69) is 58.0 Å². The lowest BCUT2D eigenvalue weighted by Crippen LogP contribution is -2.35. The zero-order chi connectivity index (χ0) is 16.4. The van der Waals surface area contributed by atoms with Crippen molar-refractivity contribution in [2.24, 2.45) is 0 Å². The molecule has 2 aliphatic heterocycles. The molecular formula is C19H21ClN2S2. The molecule has 0 atom stereocenters. The molecule has 0 aliphatic carbocycles. The van der Waals surface area contributed by atoms with E-state index in [4.69, 9.17) is 11.6 Å². The first-order chi connectivity index (χ1) is 11.8. The quantitative estimate of drug-likeness (QED) is 0.706. The molecule has 4 rings (SSSR count). The van der Waals surface area contributed by atoms with Crippen LogP contribution in [0.2, 0.25) is 5.02 Å². The second-order valence-electron chi connectivity index (χ2n) is 6.14. The standard InChI is InChI=1S/C19H21ClN2S2/c20-15-6-7-19-17(14-15)22(16-4-1-2-5-18(16)24-19)9-3-8-21-10-12-23-13-11-21/h1-2,4-7,14H,3,8-13H2. The Hall–Kier alpha value is -0.810. The van der Waals surface area contributed by atoms with Crippen LogP contribution in [0, 0.1) is 0 Å². The number of thioether (sulfide) groups is 1. The highest BCUT2D eigenvalue weighted by atomic mass is 35.5. The average Bonchev–Trinajstić information content (AvgIpc) is 2.62. The van der Waals surface area contributed by atoms with Crippen LogP contribution in [-0.4, -0.2) is 42.6 Å². The normalized spacial score (nSPS) is 17.5. The second-order valence-corrected chi connectivity index (χ2v) is 8.89. The lowest BCUT2D eigenvalue weighted by molar-refractivity contribution is 0.300. The second kappa shape index (κ2) is 7.61. The number of fused-ring (bicyclic) bond motifs is 2. The van der Waals surface area contributed by atoms with E-state index in [9.17, 15) is 0 Å². The van der Waals surface area contributed by atoms with Crippen LogP contribution in [-0.2, 0) is 0 Å². The fraction of sp³-hybridized carbons (Fsp3) is 0.368. The van der Waals surface area contributed by atoms with Gasteiger partial charge < -0.3 is 9.80 Å². The molecule has 2 nitrogen and oxygen atoms in total. The van der Waals surface area contributed by atoms with E-state index in [1.54, 1.807) is 0 Å². The zero-order valence-electron chi connectivity index (χ0n) is 13.6. The van der Waals surface area contributed by atoms with E-state index in [1.165, 1.54) is 58.7 Å². The molecule has 0 N–H and O–H groups in total. The third-order valence-electron chi connectivity index (χ3n) is 4.55. The Morgan fingerprint density at radius 3 is 2.58 bits per heavy atom. The molecule has 2 aromatic carbocycles. The molecule has 0 aromatic heterocycles. The first-order valence-electron chi connectivity index (χ1n) is 8.45. The van der Waals surface area contributed by atoms with Gasteiger partial charge in [-0.05, 0) is 43.3 Å². The fourth-order valence-corrected chi connectivity index (χ4v) is 5.54. The summed E-state index contributed by atoms with van der Waals surface area (Å²) in [7, 11) is 0. The van der Waals surface area contributed by atoms with Gasteiger partial charge in [0.1, 0.15) is 0 Å². The maximum atomic E-state index is 6.28. The average molecular weight is 377 g/mol. The minimum absolute atomic E-state index is 0.812. The Morgan fingerprint density at radius 2 is 1.71 bits per heavy atom. The molecule has 1 saturated heterocycles. The third-order valence-corrected chi connectivity index (χ3v) is 6.86. The molecule has 0 radical (unpaired) electrons. The summed E-state index contributed by atoms with van der Waals surface area (Å²) in [6.07, 6.45) is 1.18. The lowest BCUT2D eigenvalue weighted by Gasteiger charge is -2.34. The number of nitrogens with zero attached hydrogens (tertiary/aromatic N) is 2. The number of benzene rings is 2. The first-order valence-corrected chi connectivity index (χ1v) is 10.8. The summed E-state index contributed by atoms with van der Waals surface area (Å²) in [4.78, 5) is 7.68. The van der Waals surface area contributed by atoms with Crippen LogP contribution in [0.4, 0.5) is 11.4 Å². The van der Waals surface area contributed by atoms with Gasteiger partial charge in [-0.15, -0.1) is 0 Å². The molecule has 0 amide bonds. The number of hydrogen-bond donors (Lipinski definition) is 0. The van der Waals surface area contributed by atoms with E-state index >= 15 is 0 Å². The van der Waals surface area contributed by atoms with Gasteiger partial charge in [0.05, 0.1) is 11.4 Å². The third kappa shape index (κ3) is 3.57. The van der Waals surface area contributed by atoms with Gasteiger partial charge >= 0.3 is 0 Å². The molecule has 24 heavy (non-hydrogen) atoms. The van der Waals surface area contributed by atoms with Crippen molar-refractivity contribution in [2.75, 3.05) is 42.6 Å². The van der Waals surface area contributed by atoms with Crippen molar-refractivity contribution in [3.63, 3.8) is 0 Å². The van der Waals surface area contributed by atoms with Gasteiger partial charge in [0.15, 0.2) is 0 Å². The number of halogens is 1. The Bertz CT molecular complexity index is 716. The summed E-state index contributed by atoms with van der Waals surface area (Å²) in [6.45, 7) is 4.69. The smallest absolute Gasteiger partial charge is 0.0567 e. The number of rotatable bonds is 4. The highest BCUT2D eigenvalue weighted by Gasteiger charge is 2.23. The molecule has 0 bridgehead atoms. The van der Waals surface area contributed by atoms with Crippen molar-refractivity contribution in [1.82, 2.24) is 4.90 Å². The maximum Gasteiger partial charge on any atom is 0.0567 e. The Morgan fingerprint density at radius 1 is 0.917 bits per heavy atom. The maximum absolute atomic E-state index is 6.28. The predicted octanol–water partition coefficient (Wildman–Crippen LogP) is 5.38. The van der Waals surface area contributed by atoms with Crippen molar-refractivity contribution in [3.05, 3.63) is 47.5 Å². The molecule has 0 spiro atoms. The van der Waals surface area contributed by atoms with Gasteiger partial charge in [0, 0.05) is 46.0 Å². The molecule has 2 heterocycles. The Balaban J connectivity index is 1.53. The minimum atomic E-state index is 0.812. The van der Waals surface area contributed by atoms with Crippen LogP contribution in [0.25, 0.3) is 0 Å². The SMILES string of the molecule is Clc1ccc2c(c1)N(CCCN1CCSCC1)c1ccccc1S2. The summed E-state index contributed by atoms with van der Waals surface area (Å²) < 4.78 is 0. The number of para-hydroxylation sites is 1. The van der Waals surface area contributed by atoms with Crippen LogP contribution in [0.15, 0.2) is 52.3 Å². The Kier molecular flexibility index (Phi) is 5.28. The summed E-state index contributed by atoms with van der Waals surface area (Å²) in [6, 6.07) is 14.9. The molecular weight excluding hydrogens is 356 g/mol. The summed E-state index contributed by atoms with van der Waals surface area (Å²) >= 11 is 10.2. The lowest BCUT2D eigenvalue weighted by atomic mass is 10.2. The van der Waals surface area contributed by atoms with E-state index < -0.39 is 0 Å². The predicted molar refractivity (Wildman–Crippen MR) is 107 cm³/mol. The van der Waals surface area contributed by atoms with Crippen molar-refractivity contribution < 1.29 is 0 Å². The van der Waals surface area contributed by atoms with Gasteiger partial charge in [0.2, 0.25) is 0 Å². The summed E-state index contributed by atoms with van der Waals surface area (Å²) in [5.41, 5.74) is 2.56. The molecule has 0 unspecified atom stereocenters. The largest absolute Gasteiger partial charge is 0.340 e. The van der Waals surface area contributed by atoms with E-state index in [-0.39, 0.29) is 0 Å². The van der Waals surface area contributed by atoms with Crippen LogP contribution in [0.3, 0.4) is 0 Å². The van der Waals surface area contributed by atoms with Gasteiger partial charge in [0.25, 0.3) is 0 Å². The topological polar surface area (TPSA) is 6.48 Å². The molecule has 2 aromatic rings. The van der Waals surface area contributed by atoms with E-state index in [1.807, 2.05) is 17.8 Å². The fourth-order valence-electron chi connectivity index (χ4n) is 3.32. The van der Waals surface area contributed by atoms with E-state index in [0.717, 1.165) is 11.6 Å². The van der Waals surface area contributed by atoms with Crippen LogP contribution >= 0.6 is 35.1 Å². The molecule has 1 fully saturated rings. The summed E-state index contributed by atoms with van der Waals surface area (Å²) in [5, 5.41) is 0.812. The number of anilines is 2. The minimum Gasteiger partial charge on any atom is -0.340 e. The zero-order valence-corrected chi connectivity index (χ0v) is 16.0. The van der Waals surface area contributed by atoms with Crippen LogP contribution < -0.4 is 4.90 Å². The Labute approximate surface area is 157 Å². The highest BCUT2D eigenvalue weighted by Crippen LogP contribution is 2.48. The van der Waals surface area contributed by atoms with Crippen molar-refractivity contribution in [1.29, 1.82) is 0 Å². The van der Waals surface area contributed by atoms with Crippen LogP contribution in [0.1, 0.15) is 6.42 Å². The molecule has 2 aliphatic rings. The highest BCUT2D eigenvalue weighted by molar-refractivity contribution is 7.99. The first kappa shape index (κ1) is 16.6. The van der Waals surface area contributed by atoms with Gasteiger partial charge in [-0.25, -0.2) is 0 Å². The molecule has 0 saturated carbocycles.